The molecule has 2 amide bonds. The standard InChI is InChI=1S/C14H12N4O6/c1-2-24-14(21)11-9-10(15-16-11)13(20)17(12(9)19)7-4-3-5-8(6-7)18(22)23/h3-6,9-10,15H,2H2,1H3/t9-,10-/m0/s1. The summed E-state index contributed by atoms with van der Waals surface area (Å²) in [6.07, 6.45) is 0. The van der Waals surface area contributed by atoms with Crippen molar-refractivity contribution in [3.05, 3.63) is 34.4 Å². The highest BCUT2D eigenvalue weighted by molar-refractivity contribution is 6.46. The lowest BCUT2D eigenvalue weighted by Gasteiger charge is -2.15. The SMILES string of the molecule is CCOC(=O)C1=NN[C@@H]2C(=O)N(c3cccc([N+](=O)[O-])c3)C(=O)[C@H]12. The molecular formula is C14H12N4O6. The van der Waals surface area contributed by atoms with Crippen LogP contribution in [0.25, 0.3) is 0 Å². The van der Waals surface area contributed by atoms with Crippen LogP contribution in [0.15, 0.2) is 29.4 Å². The van der Waals surface area contributed by atoms with E-state index >= 15 is 0 Å². The highest BCUT2D eigenvalue weighted by atomic mass is 16.6. The van der Waals surface area contributed by atoms with Gasteiger partial charge < -0.3 is 4.74 Å². The number of benzene rings is 1. The van der Waals surface area contributed by atoms with E-state index in [0.717, 1.165) is 11.0 Å². The fourth-order valence-corrected chi connectivity index (χ4v) is 2.66. The third kappa shape index (κ3) is 2.28. The number of esters is 1. The van der Waals surface area contributed by atoms with Crippen LogP contribution in [0.3, 0.4) is 0 Å². The molecule has 1 fully saturated rings. The zero-order chi connectivity index (χ0) is 17.4. The van der Waals surface area contributed by atoms with E-state index in [-0.39, 0.29) is 23.7 Å². The Kier molecular flexibility index (Phi) is 3.72. The molecule has 2 heterocycles. The van der Waals surface area contributed by atoms with Gasteiger partial charge in [-0.25, -0.2) is 9.69 Å². The maximum Gasteiger partial charge on any atom is 0.355 e. The van der Waals surface area contributed by atoms with E-state index in [9.17, 15) is 24.5 Å². The number of hydrogen-bond donors (Lipinski definition) is 1. The number of non-ortho nitro benzene ring substituents is 1. The van der Waals surface area contributed by atoms with Crippen molar-refractivity contribution in [2.45, 2.75) is 13.0 Å². The Labute approximate surface area is 135 Å². The van der Waals surface area contributed by atoms with Crippen molar-refractivity contribution in [2.24, 2.45) is 11.0 Å². The lowest BCUT2D eigenvalue weighted by atomic mass is 9.99. The van der Waals surface area contributed by atoms with E-state index in [2.05, 4.69) is 10.5 Å². The molecule has 1 aromatic rings. The second kappa shape index (κ2) is 5.72. The van der Waals surface area contributed by atoms with Crippen LogP contribution in [-0.2, 0) is 19.1 Å². The first kappa shape index (κ1) is 15.6. The molecule has 24 heavy (non-hydrogen) atoms. The fourth-order valence-electron chi connectivity index (χ4n) is 2.66. The normalized spacial score (nSPS) is 22.0. The topological polar surface area (TPSA) is 131 Å². The van der Waals surface area contributed by atoms with Gasteiger partial charge in [0.25, 0.3) is 11.6 Å². The van der Waals surface area contributed by atoms with E-state index in [1.54, 1.807) is 6.92 Å². The molecule has 1 aromatic carbocycles. The van der Waals surface area contributed by atoms with Gasteiger partial charge in [-0.2, -0.15) is 5.10 Å². The fraction of sp³-hybridized carbons (Fsp3) is 0.286. The molecule has 0 saturated carbocycles. The second-order valence-corrected chi connectivity index (χ2v) is 5.09. The molecule has 10 nitrogen and oxygen atoms in total. The summed E-state index contributed by atoms with van der Waals surface area (Å²) in [6.45, 7) is 1.71. The van der Waals surface area contributed by atoms with Gasteiger partial charge in [0.05, 0.1) is 17.2 Å². The van der Waals surface area contributed by atoms with Crippen LogP contribution in [-0.4, -0.2) is 41.1 Å². The van der Waals surface area contributed by atoms with E-state index in [1.807, 2.05) is 0 Å². The van der Waals surface area contributed by atoms with E-state index in [0.29, 0.717) is 0 Å². The van der Waals surface area contributed by atoms with Crippen LogP contribution in [0.4, 0.5) is 11.4 Å². The van der Waals surface area contributed by atoms with Gasteiger partial charge in [0.15, 0.2) is 5.71 Å². The third-order valence-corrected chi connectivity index (χ3v) is 3.71. The van der Waals surface area contributed by atoms with Crippen molar-refractivity contribution < 1.29 is 24.0 Å². The van der Waals surface area contributed by atoms with Gasteiger partial charge in [0, 0.05) is 12.1 Å². The van der Waals surface area contributed by atoms with Crippen LogP contribution in [0.5, 0.6) is 0 Å². The number of nitro groups is 1. The predicted molar refractivity (Wildman–Crippen MR) is 80.1 cm³/mol. The van der Waals surface area contributed by atoms with Gasteiger partial charge in [-0.1, -0.05) is 6.07 Å². The summed E-state index contributed by atoms with van der Waals surface area (Å²) in [5.74, 6) is -3.19. The Hall–Kier alpha value is -3.30. The quantitative estimate of drug-likeness (QED) is 0.354. The summed E-state index contributed by atoms with van der Waals surface area (Å²) in [5, 5.41) is 14.6. The Morgan fingerprint density at radius 2 is 2.17 bits per heavy atom. The van der Waals surface area contributed by atoms with Gasteiger partial charge >= 0.3 is 5.97 Å². The highest BCUT2D eigenvalue weighted by Crippen LogP contribution is 2.32. The molecule has 0 radical (unpaired) electrons. The van der Waals surface area contributed by atoms with Gasteiger partial charge in [0.1, 0.15) is 12.0 Å². The molecule has 0 bridgehead atoms. The number of carbonyl (C=O) groups is 3. The minimum absolute atomic E-state index is 0.0682. The van der Waals surface area contributed by atoms with E-state index in [4.69, 9.17) is 4.74 Å². The van der Waals surface area contributed by atoms with Gasteiger partial charge in [-0.3, -0.25) is 25.1 Å². The number of rotatable bonds is 4. The van der Waals surface area contributed by atoms with Crippen molar-refractivity contribution >= 4 is 34.9 Å². The van der Waals surface area contributed by atoms with E-state index < -0.39 is 34.7 Å². The summed E-state index contributed by atoms with van der Waals surface area (Å²) in [6, 6.07) is 4.13. The molecule has 0 aromatic heterocycles. The maximum atomic E-state index is 12.6. The first-order chi connectivity index (χ1) is 11.5. The number of hydrazone groups is 1. The molecule has 2 aliphatic heterocycles. The van der Waals surface area contributed by atoms with Crippen molar-refractivity contribution in [1.82, 2.24) is 5.43 Å². The molecule has 1 N–H and O–H groups in total. The average Bonchev–Trinajstić information content (AvgIpc) is 3.09. The number of imide groups is 1. The number of nitrogens with zero attached hydrogens (tertiary/aromatic N) is 3. The third-order valence-electron chi connectivity index (χ3n) is 3.71. The first-order valence-electron chi connectivity index (χ1n) is 7.08. The number of hydrogen-bond acceptors (Lipinski definition) is 8. The Balaban J connectivity index is 1.94. The van der Waals surface area contributed by atoms with Crippen LogP contribution in [0.1, 0.15) is 6.92 Å². The Bertz CT molecular complexity index is 789. The van der Waals surface area contributed by atoms with Crippen LogP contribution in [0.2, 0.25) is 0 Å². The molecule has 0 spiro atoms. The van der Waals surface area contributed by atoms with Crippen LogP contribution in [0, 0.1) is 16.0 Å². The molecule has 124 valence electrons. The van der Waals surface area contributed by atoms with Crippen molar-refractivity contribution in [1.29, 1.82) is 0 Å². The summed E-state index contributed by atoms with van der Waals surface area (Å²) in [7, 11) is 0. The highest BCUT2D eigenvalue weighted by Gasteiger charge is 2.55. The largest absolute Gasteiger partial charge is 0.461 e. The molecule has 0 aliphatic carbocycles. The molecule has 10 heteroatoms. The molecule has 3 rings (SSSR count). The minimum Gasteiger partial charge on any atom is -0.461 e. The lowest BCUT2D eigenvalue weighted by molar-refractivity contribution is -0.384. The summed E-state index contributed by atoms with van der Waals surface area (Å²) < 4.78 is 4.83. The van der Waals surface area contributed by atoms with E-state index in [1.165, 1.54) is 18.2 Å². The molecule has 2 atom stereocenters. The number of fused-ring (bicyclic) bond motifs is 1. The zero-order valence-electron chi connectivity index (χ0n) is 12.5. The molecular weight excluding hydrogens is 320 g/mol. The number of carbonyl (C=O) groups excluding carboxylic acids is 3. The Morgan fingerprint density at radius 1 is 1.42 bits per heavy atom. The molecule has 2 aliphatic rings. The van der Waals surface area contributed by atoms with Gasteiger partial charge in [0.2, 0.25) is 5.91 Å². The summed E-state index contributed by atoms with van der Waals surface area (Å²) >= 11 is 0. The number of anilines is 1. The smallest absolute Gasteiger partial charge is 0.355 e. The van der Waals surface area contributed by atoms with Crippen molar-refractivity contribution in [3.63, 3.8) is 0 Å². The number of nitro benzene ring substituents is 1. The van der Waals surface area contributed by atoms with Gasteiger partial charge in [-0.05, 0) is 13.0 Å². The zero-order valence-corrected chi connectivity index (χ0v) is 12.5. The minimum atomic E-state index is -1.10. The van der Waals surface area contributed by atoms with Crippen molar-refractivity contribution in [2.75, 3.05) is 11.5 Å². The molecule has 0 unspecified atom stereocenters. The monoisotopic (exact) mass is 332 g/mol. The Morgan fingerprint density at radius 3 is 2.83 bits per heavy atom. The predicted octanol–water partition coefficient (Wildman–Crippen LogP) is -0.0249. The number of nitrogens with one attached hydrogen (secondary N) is 1. The van der Waals surface area contributed by atoms with Crippen molar-refractivity contribution in [3.8, 4) is 0 Å². The average molecular weight is 332 g/mol. The number of amides is 2. The first-order valence-corrected chi connectivity index (χ1v) is 7.08. The van der Waals surface area contributed by atoms with Gasteiger partial charge in [-0.15, -0.1) is 0 Å². The molecule has 1 saturated heterocycles. The summed E-state index contributed by atoms with van der Waals surface area (Å²) in [5.41, 5.74) is 2.11. The second-order valence-electron chi connectivity index (χ2n) is 5.09. The number of ether oxygens (including phenoxy) is 1. The van der Waals surface area contributed by atoms with Crippen LogP contribution < -0.4 is 10.3 Å². The van der Waals surface area contributed by atoms with Crippen LogP contribution >= 0.6 is 0 Å². The summed E-state index contributed by atoms with van der Waals surface area (Å²) in [4.78, 5) is 48.0. The maximum absolute atomic E-state index is 12.6. The lowest BCUT2D eigenvalue weighted by Crippen LogP contribution is -2.36.